The number of hydrogen-bond acceptors (Lipinski definition) is 3. The molecule has 0 saturated carbocycles. The number of rotatable bonds is 1. The van der Waals surface area contributed by atoms with E-state index in [1.807, 2.05) is 18.2 Å². The number of nitrogen functional groups attached to an aromatic ring is 1. The zero-order valence-corrected chi connectivity index (χ0v) is 10.1. The van der Waals surface area contributed by atoms with Crippen LogP contribution in [0.3, 0.4) is 0 Å². The first-order chi connectivity index (χ1) is 8.63. The van der Waals surface area contributed by atoms with Crippen LogP contribution in [-0.2, 0) is 0 Å². The molecule has 0 atom stereocenters. The zero-order valence-electron chi connectivity index (χ0n) is 9.31. The summed E-state index contributed by atoms with van der Waals surface area (Å²) < 4.78 is 0. The normalized spacial score (nSPS) is 10.9. The second-order valence-electron chi connectivity index (χ2n) is 4.07. The number of nitrogens with zero attached hydrogens (tertiary/aromatic N) is 1. The van der Waals surface area contributed by atoms with Gasteiger partial charge in [-0.25, -0.2) is 0 Å². The Balaban J connectivity index is 2.26. The molecule has 90 valence electrons. The third-order valence-electron chi connectivity index (χ3n) is 2.80. The fourth-order valence-corrected chi connectivity index (χ4v) is 2.13. The summed E-state index contributed by atoms with van der Waals surface area (Å²) in [5.41, 5.74) is 6.88. The summed E-state index contributed by atoms with van der Waals surface area (Å²) in [4.78, 5) is 0. The van der Waals surface area contributed by atoms with Crippen molar-refractivity contribution in [3.63, 3.8) is 0 Å². The Morgan fingerprint density at radius 3 is 2.67 bits per heavy atom. The molecule has 18 heavy (non-hydrogen) atoms. The minimum Gasteiger partial charge on any atom is -0.507 e. The molecule has 0 fully saturated rings. The lowest BCUT2D eigenvalue weighted by Crippen LogP contribution is -1.82. The van der Waals surface area contributed by atoms with E-state index in [-0.39, 0.29) is 5.75 Å². The van der Waals surface area contributed by atoms with Crippen LogP contribution >= 0.6 is 11.6 Å². The standard InChI is InChI=1S/C13H10ClN3O/c14-9-2-1-7-5-12(18)10(4-8(7)3-9)11-6-13(15)17-16-11/h1-6,18H,(H3,15,16,17). The molecular weight excluding hydrogens is 250 g/mol. The molecule has 0 amide bonds. The molecule has 0 radical (unpaired) electrons. The van der Waals surface area contributed by atoms with E-state index in [0.29, 0.717) is 22.1 Å². The molecule has 0 bridgehead atoms. The van der Waals surface area contributed by atoms with E-state index in [9.17, 15) is 5.11 Å². The van der Waals surface area contributed by atoms with E-state index in [1.165, 1.54) is 0 Å². The first-order valence-electron chi connectivity index (χ1n) is 5.37. The van der Waals surface area contributed by atoms with Gasteiger partial charge in [0.1, 0.15) is 11.6 Å². The van der Waals surface area contributed by atoms with Gasteiger partial charge in [0.2, 0.25) is 0 Å². The van der Waals surface area contributed by atoms with Gasteiger partial charge in [0.15, 0.2) is 0 Å². The van der Waals surface area contributed by atoms with Crippen LogP contribution in [0, 0.1) is 0 Å². The van der Waals surface area contributed by atoms with Crippen LogP contribution < -0.4 is 5.73 Å². The molecule has 3 rings (SSSR count). The summed E-state index contributed by atoms with van der Waals surface area (Å²) in [6.45, 7) is 0. The monoisotopic (exact) mass is 259 g/mol. The summed E-state index contributed by atoms with van der Waals surface area (Å²) in [5, 5.41) is 19.2. The van der Waals surface area contributed by atoms with Crippen molar-refractivity contribution in [1.29, 1.82) is 0 Å². The fourth-order valence-electron chi connectivity index (χ4n) is 1.95. The lowest BCUT2D eigenvalue weighted by Gasteiger charge is -2.05. The van der Waals surface area contributed by atoms with E-state index in [2.05, 4.69) is 10.2 Å². The quantitative estimate of drug-likeness (QED) is 0.628. The van der Waals surface area contributed by atoms with Gasteiger partial charge in [-0.1, -0.05) is 17.7 Å². The minimum absolute atomic E-state index is 0.175. The van der Waals surface area contributed by atoms with Crippen LogP contribution in [0.2, 0.25) is 5.02 Å². The number of anilines is 1. The van der Waals surface area contributed by atoms with Gasteiger partial charge in [0, 0.05) is 16.7 Å². The van der Waals surface area contributed by atoms with Gasteiger partial charge in [-0.05, 0) is 35.0 Å². The van der Waals surface area contributed by atoms with Crippen molar-refractivity contribution in [2.24, 2.45) is 0 Å². The number of halogens is 1. The maximum atomic E-state index is 10.0. The second-order valence-corrected chi connectivity index (χ2v) is 4.50. The largest absolute Gasteiger partial charge is 0.507 e. The van der Waals surface area contributed by atoms with Crippen LogP contribution in [0.25, 0.3) is 22.0 Å². The molecule has 1 heterocycles. The van der Waals surface area contributed by atoms with Crippen molar-refractivity contribution < 1.29 is 5.11 Å². The molecule has 0 aliphatic carbocycles. The molecule has 3 aromatic rings. The van der Waals surface area contributed by atoms with Gasteiger partial charge in [-0.3, -0.25) is 5.10 Å². The number of H-pyrrole nitrogens is 1. The van der Waals surface area contributed by atoms with Gasteiger partial charge in [-0.15, -0.1) is 0 Å². The highest BCUT2D eigenvalue weighted by Gasteiger charge is 2.09. The molecule has 0 aliphatic rings. The zero-order chi connectivity index (χ0) is 12.7. The summed E-state index contributed by atoms with van der Waals surface area (Å²) in [6, 6.07) is 10.7. The van der Waals surface area contributed by atoms with E-state index in [4.69, 9.17) is 17.3 Å². The minimum atomic E-state index is 0.175. The number of benzene rings is 2. The number of phenols is 1. The highest BCUT2D eigenvalue weighted by molar-refractivity contribution is 6.31. The van der Waals surface area contributed by atoms with E-state index >= 15 is 0 Å². The number of aromatic hydroxyl groups is 1. The predicted molar refractivity (Wildman–Crippen MR) is 72.6 cm³/mol. The number of nitrogens with one attached hydrogen (secondary N) is 1. The number of hydrogen-bond donors (Lipinski definition) is 3. The number of fused-ring (bicyclic) bond motifs is 1. The summed E-state index contributed by atoms with van der Waals surface area (Å²) in [7, 11) is 0. The number of aromatic nitrogens is 2. The molecule has 4 N–H and O–H groups in total. The van der Waals surface area contributed by atoms with Gasteiger partial charge >= 0.3 is 0 Å². The van der Waals surface area contributed by atoms with Crippen LogP contribution in [0.1, 0.15) is 0 Å². The molecule has 0 aliphatic heterocycles. The molecule has 2 aromatic carbocycles. The highest BCUT2D eigenvalue weighted by atomic mass is 35.5. The van der Waals surface area contributed by atoms with E-state index < -0.39 is 0 Å². The van der Waals surface area contributed by atoms with Gasteiger partial charge < -0.3 is 10.8 Å². The van der Waals surface area contributed by atoms with Crippen molar-refractivity contribution >= 4 is 28.2 Å². The third kappa shape index (κ3) is 1.76. The van der Waals surface area contributed by atoms with Crippen molar-refractivity contribution in [2.45, 2.75) is 0 Å². The Morgan fingerprint density at radius 2 is 1.94 bits per heavy atom. The van der Waals surface area contributed by atoms with Gasteiger partial charge in [0.05, 0.1) is 5.69 Å². The van der Waals surface area contributed by atoms with Gasteiger partial charge in [-0.2, -0.15) is 5.10 Å². The Labute approximate surface area is 108 Å². The molecule has 4 nitrogen and oxygen atoms in total. The predicted octanol–water partition coefficient (Wildman–Crippen LogP) is 3.17. The number of nitrogens with two attached hydrogens (primary N) is 1. The Bertz CT molecular complexity index is 736. The topological polar surface area (TPSA) is 74.9 Å². The number of phenolic OH excluding ortho intramolecular Hbond substituents is 1. The van der Waals surface area contributed by atoms with E-state index in [0.717, 1.165) is 10.8 Å². The van der Waals surface area contributed by atoms with Crippen LogP contribution in [0.5, 0.6) is 5.75 Å². The summed E-state index contributed by atoms with van der Waals surface area (Å²) >= 11 is 5.96. The molecule has 1 aromatic heterocycles. The van der Waals surface area contributed by atoms with Crippen LogP contribution in [0.4, 0.5) is 5.82 Å². The SMILES string of the molecule is Nc1cc(-c2cc3cc(Cl)ccc3cc2O)[nH]n1. The molecule has 0 spiro atoms. The lowest BCUT2D eigenvalue weighted by molar-refractivity contribution is 0.478. The number of aromatic amines is 1. The van der Waals surface area contributed by atoms with Crippen molar-refractivity contribution in [3.05, 3.63) is 41.4 Å². The van der Waals surface area contributed by atoms with E-state index in [1.54, 1.807) is 18.2 Å². The summed E-state index contributed by atoms with van der Waals surface area (Å²) in [5.74, 6) is 0.559. The molecule has 0 unspecified atom stereocenters. The fraction of sp³-hybridized carbons (Fsp3) is 0. The maximum absolute atomic E-state index is 10.0. The Morgan fingerprint density at radius 1 is 1.11 bits per heavy atom. The average molecular weight is 260 g/mol. The first-order valence-corrected chi connectivity index (χ1v) is 5.75. The van der Waals surface area contributed by atoms with Crippen LogP contribution in [-0.4, -0.2) is 15.3 Å². The third-order valence-corrected chi connectivity index (χ3v) is 3.04. The highest BCUT2D eigenvalue weighted by Crippen LogP contribution is 2.33. The maximum Gasteiger partial charge on any atom is 0.145 e. The van der Waals surface area contributed by atoms with Gasteiger partial charge in [0.25, 0.3) is 0 Å². The van der Waals surface area contributed by atoms with Crippen LogP contribution in [0.15, 0.2) is 36.4 Å². The first kappa shape index (κ1) is 10.9. The lowest BCUT2D eigenvalue weighted by atomic mass is 10.0. The smallest absolute Gasteiger partial charge is 0.145 e. The molecular formula is C13H10ClN3O. The Kier molecular flexibility index (Phi) is 2.38. The van der Waals surface area contributed by atoms with Crippen molar-refractivity contribution in [1.82, 2.24) is 10.2 Å². The van der Waals surface area contributed by atoms with Crippen molar-refractivity contribution in [3.8, 4) is 17.0 Å². The summed E-state index contributed by atoms with van der Waals surface area (Å²) in [6.07, 6.45) is 0. The second kappa shape index (κ2) is 3.92. The molecule has 5 heteroatoms. The Hall–Kier alpha value is -2.20. The van der Waals surface area contributed by atoms with Crippen molar-refractivity contribution in [2.75, 3.05) is 5.73 Å². The molecule has 0 saturated heterocycles. The average Bonchev–Trinajstić information content (AvgIpc) is 2.75.